The van der Waals surface area contributed by atoms with Gasteiger partial charge in [-0.2, -0.15) is 9.64 Å². The number of aromatic nitrogens is 3. The minimum atomic E-state index is -1.01. The third kappa shape index (κ3) is 5.94. The molecule has 5 aliphatic rings. The fourth-order valence-electron chi connectivity index (χ4n) is 8.99. The van der Waals surface area contributed by atoms with Crippen LogP contribution in [0, 0.1) is 35.9 Å². The summed E-state index contributed by atoms with van der Waals surface area (Å²) in [6.45, 7) is 5.39. The summed E-state index contributed by atoms with van der Waals surface area (Å²) >= 11 is 14.6. The molecule has 274 valence electrons. The second kappa shape index (κ2) is 13.6. The number of fused-ring (bicyclic) bond motifs is 4. The number of benzene rings is 2. The zero-order valence-corrected chi connectivity index (χ0v) is 31.7. The highest BCUT2D eigenvalue weighted by molar-refractivity contribution is 7.05. The second-order valence-electron chi connectivity index (χ2n) is 15.1. The maximum Gasteiger partial charge on any atom is 0.226 e. The fraction of sp³-hybridized carbons (Fsp3) is 0.450. The lowest BCUT2D eigenvalue weighted by Gasteiger charge is -2.39. The van der Waals surface area contributed by atoms with Gasteiger partial charge in [0.05, 0.1) is 63.9 Å². The molecule has 6 heterocycles. The lowest BCUT2D eigenvalue weighted by molar-refractivity contribution is -0.134. The summed E-state index contributed by atoms with van der Waals surface area (Å²) in [5.74, 6) is -0.0666. The summed E-state index contributed by atoms with van der Waals surface area (Å²) in [5, 5.41) is 26.4. The number of aryl methyl sites for hydroxylation is 2. The number of ether oxygens (including phenoxy) is 1. The van der Waals surface area contributed by atoms with Crippen LogP contribution in [-0.4, -0.2) is 55.1 Å². The van der Waals surface area contributed by atoms with Crippen molar-refractivity contribution in [3.63, 3.8) is 0 Å². The minimum absolute atomic E-state index is 0.0147. The molecule has 13 heteroatoms. The zero-order chi connectivity index (χ0) is 36.7. The van der Waals surface area contributed by atoms with E-state index in [4.69, 9.17) is 32.9 Å². The van der Waals surface area contributed by atoms with Crippen LogP contribution in [-0.2, 0) is 22.6 Å². The van der Waals surface area contributed by atoms with Crippen LogP contribution >= 0.6 is 34.7 Å². The maximum atomic E-state index is 17.3. The van der Waals surface area contributed by atoms with Crippen molar-refractivity contribution in [1.82, 2.24) is 24.1 Å². The van der Waals surface area contributed by atoms with Gasteiger partial charge in [-0.3, -0.25) is 4.79 Å². The number of carbonyl (C=O) groups excluding carboxylic acids is 1. The zero-order valence-electron chi connectivity index (χ0n) is 29.4. The molecule has 0 spiro atoms. The Bertz CT molecular complexity index is 2320. The molecule has 3 saturated heterocycles. The predicted octanol–water partition coefficient (Wildman–Crippen LogP) is 8.38. The Morgan fingerprint density at radius 1 is 1.23 bits per heavy atom. The number of nitrogens with one attached hydrogen (secondary N) is 1. The molecule has 2 aliphatic carbocycles. The van der Waals surface area contributed by atoms with Crippen molar-refractivity contribution in [2.24, 2.45) is 11.8 Å². The van der Waals surface area contributed by atoms with Gasteiger partial charge in [0, 0.05) is 70.4 Å². The van der Waals surface area contributed by atoms with Crippen LogP contribution in [0.5, 0.6) is 0 Å². The fourth-order valence-corrected chi connectivity index (χ4v) is 9.94. The quantitative estimate of drug-likeness (QED) is 0.147. The van der Waals surface area contributed by atoms with Crippen LogP contribution in [0.3, 0.4) is 0 Å². The van der Waals surface area contributed by atoms with Crippen LogP contribution in [0.25, 0.3) is 32.9 Å². The molecule has 53 heavy (non-hydrogen) atoms. The van der Waals surface area contributed by atoms with Crippen molar-refractivity contribution in [3.05, 3.63) is 79.8 Å². The maximum absolute atomic E-state index is 17.3. The molecule has 3 aromatic heterocycles. The molecule has 1 unspecified atom stereocenters. The van der Waals surface area contributed by atoms with E-state index in [0.717, 1.165) is 53.0 Å². The number of aliphatic hydroxyl groups is 1. The Morgan fingerprint density at radius 2 is 2.06 bits per heavy atom. The van der Waals surface area contributed by atoms with Crippen LogP contribution in [0.15, 0.2) is 36.4 Å². The number of nitriles is 1. The standard InChI is InChI=1S/C40H39Cl2FN6O3S/c1-19-11-24(47-53-19)18-52-25-14-31(48(17-25)40(51)21-8-9-21)32-15-28-36(20(2)50)46-37-27(39(28)49(32)38-23-13-30(38)45-16-23)12-22(5-4-10-44)33(35(37)43)26-6-3-7-29(41)34(26)42/h3,6-7,11-12,15,20-21,23,25,30-31,38,45,50H,4-5,8-9,13-14,16-18H2,1-2H3/t20?,23-,25+,30-,31-,38+/m1/s1. The van der Waals surface area contributed by atoms with Gasteiger partial charge in [0.2, 0.25) is 5.91 Å². The highest BCUT2D eigenvalue weighted by atomic mass is 35.5. The first-order valence-electron chi connectivity index (χ1n) is 18.4. The number of hydrogen-bond donors (Lipinski definition) is 2. The average Bonchev–Trinajstić information content (AvgIpc) is 3.57. The number of carbonyl (C=O) groups is 1. The molecule has 1 amide bonds. The van der Waals surface area contributed by atoms with E-state index in [1.807, 2.05) is 24.0 Å². The van der Waals surface area contributed by atoms with Crippen molar-refractivity contribution >= 4 is 62.4 Å². The second-order valence-corrected chi connectivity index (χ2v) is 16.9. The van der Waals surface area contributed by atoms with Gasteiger partial charge in [-0.1, -0.05) is 35.3 Å². The van der Waals surface area contributed by atoms with E-state index >= 15 is 4.39 Å². The molecule has 9 nitrogen and oxygen atoms in total. The predicted molar refractivity (Wildman–Crippen MR) is 203 cm³/mol. The highest BCUT2D eigenvalue weighted by Crippen LogP contribution is 2.52. The topological polar surface area (TPSA) is 116 Å². The number of pyridine rings is 1. The summed E-state index contributed by atoms with van der Waals surface area (Å²) in [7, 11) is 0. The minimum Gasteiger partial charge on any atom is -0.387 e. The van der Waals surface area contributed by atoms with E-state index in [1.54, 1.807) is 25.1 Å². The molecule has 6 atom stereocenters. The van der Waals surface area contributed by atoms with E-state index in [1.165, 1.54) is 11.5 Å². The van der Waals surface area contributed by atoms with Crippen molar-refractivity contribution in [3.8, 4) is 17.2 Å². The Hall–Kier alpha value is -3.63. The Balaban J connectivity index is 1.27. The van der Waals surface area contributed by atoms with Crippen molar-refractivity contribution < 1.29 is 19.0 Å². The van der Waals surface area contributed by atoms with E-state index in [-0.39, 0.29) is 65.0 Å². The number of hydrogen-bond acceptors (Lipinski definition) is 8. The Labute approximate surface area is 320 Å². The Kier molecular flexibility index (Phi) is 9.00. The third-order valence-electron chi connectivity index (χ3n) is 11.6. The number of amides is 1. The molecule has 5 aromatic rings. The molecule has 2 saturated carbocycles. The van der Waals surface area contributed by atoms with E-state index in [0.29, 0.717) is 52.7 Å². The smallest absolute Gasteiger partial charge is 0.226 e. The van der Waals surface area contributed by atoms with Crippen molar-refractivity contribution in [2.75, 3.05) is 13.1 Å². The highest BCUT2D eigenvalue weighted by Gasteiger charge is 2.51. The number of rotatable bonds is 10. The van der Waals surface area contributed by atoms with E-state index < -0.39 is 11.9 Å². The van der Waals surface area contributed by atoms with Crippen molar-refractivity contribution in [1.29, 1.82) is 5.26 Å². The number of nitrogens with zero attached hydrogens (tertiary/aromatic N) is 5. The molecular weight excluding hydrogens is 734 g/mol. The molecule has 2 N–H and O–H groups in total. The molecule has 0 radical (unpaired) electrons. The number of likely N-dealkylation sites (tertiary alicyclic amines) is 1. The molecule has 5 fully saturated rings. The van der Waals surface area contributed by atoms with E-state index in [2.05, 4.69) is 26.4 Å². The lowest BCUT2D eigenvalue weighted by atomic mass is 9.79. The number of halogens is 3. The van der Waals surface area contributed by atoms with Crippen LogP contribution in [0.4, 0.5) is 4.39 Å². The Morgan fingerprint density at radius 3 is 2.74 bits per heavy atom. The monoisotopic (exact) mass is 772 g/mol. The largest absolute Gasteiger partial charge is 0.387 e. The van der Waals surface area contributed by atoms with Gasteiger partial charge < -0.3 is 24.6 Å². The van der Waals surface area contributed by atoms with Crippen LogP contribution < -0.4 is 5.32 Å². The first-order valence-corrected chi connectivity index (χ1v) is 19.9. The summed E-state index contributed by atoms with van der Waals surface area (Å²) in [5.41, 5.74) is 4.38. The van der Waals surface area contributed by atoms with Crippen LogP contribution in [0.2, 0.25) is 10.0 Å². The van der Waals surface area contributed by atoms with Gasteiger partial charge in [0.25, 0.3) is 0 Å². The summed E-state index contributed by atoms with van der Waals surface area (Å²) < 4.78 is 30.7. The summed E-state index contributed by atoms with van der Waals surface area (Å²) in [6, 6.07) is 13.4. The first-order chi connectivity index (χ1) is 25.6. The van der Waals surface area contributed by atoms with Crippen molar-refractivity contribution in [2.45, 2.75) is 89.3 Å². The lowest BCUT2D eigenvalue weighted by Crippen LogP contribution is -2.41. The van der Waals surface area contributed by atoms with Gasteiger partial charge in [-0.25, -0.2) is 9.37 Å². The van der Waals surface area contributed by atoms with Gasteiger partial charge in [-0.05, 0) is 86.8 Å². The summed E-state index contributed by atoms with van der Waals surface area (Å²) in [6.07, 6.45) is 2.65. The molecule has 3 aliphatic heterocycles. The summed E-state index contributed by atoms with van der Waals surface area (Å²) in [4.78, 5) is 22.0. The molecule has 2 aromatic carbocycles. The molecular formula is C40H39Cl2FN6O3S. The van der Waals surface area contributed by atoms with Gasteiger partial charge in [-0.15, -0.1) is 0 Å². The molecule has 10 rings (SSSR count). The normalized spacial score (nSPS) is 24.2. The van der Waals surface area contributed by atoms with Gasteiger partial charge >= 0.3 is 0 Å². The van der Waals surface area contributed by atoms with Gasteiger partial charge in [0.1, 0.15) is 5.52 Å². The third-order valence-corrected chi connectivity index (χ3v) is 13.2. The van der Waals surface area contributed by atoms with Gasteiger partial charge in [0.15, 0.2) is 5.82 Å². The first kappa shape index (κ1) is 35.1. The SMILES string of the molecule is Cc1cc(CO[C@H]2C[C@H](c3cc4c(C(C)O)nc5c(F)c(-c6cccc(Cl)c6Cl)c(CCC#N)cc5c4n3[C@H]3[C@H]4CN[C@@H]3C4)N(C(=O)C3CC3)C2)ns1. The number of aliphatic hydroxyl groups excluding tert-OH is 1. The van der Waals surface area contributed by atoms with Crippen LogP contribution in [0.1, 0.15) is 84.7 Å². The average molecular weight is 774 g/mol. The molecule has 2 bridgehead atoms. The van der Waals surface area contributed by atoms with E-state index in [9.17, 15) is 15.2 Å².